The molecule has 8 nitrogen and oxygen atoms in total. The van der Waals surface area contributed by atoms with Gasteiger partial charge in [0.25, 0.3) is 5.91 Å². The Hall–Kier alpha value is -1.96. The number of carbonyl (C=O) groups excluding carboxylic acids is 1. The smallest absolute Gasteiger partial charge is 0.325 e. The average Bonchev–Trinajstić information content (AvgIpc) is 2.72. The summed E-state index contributed by atoms with van der Waals surface area (Å²) in [6.07, 6.45) is 1.18. The van der Waals surface area contributed by atoms with Gasteiger partial charge in [0.15, 0.2) is 5.69 Å². The molecule has 94 valence electrons. The molecule has 2 N–H and O–H groups in total. The number of methoxy groups -OCH3 is 1. The predicted octanol–water partition coefficient (Wildman–Crippen LogP) is -0.873. The zero-order valence-electron chi connectivity index (χ0n) is 9.58. The molecular formula is C9H14N4O4. The van der Waals surface area contributed by atoms with Crippen LogP contribution in [0.25, 0.3) is 0 Å². The Labute approximate surface area is 97.6 Å². The number of carboxylic acids is 1. The maximum atomic E-state index is 11.5. The van der Waals surface area contributed by atoms with Crippen LogP contribution in [0.2, 0.25) is 0 Å². The van der Waals surface area contributed by atoms with E-state index in [9.17, 15) is 9.59 Å². The molecule has 8 heteroatoms. The molecule has 0 radical (unpaired) electrons. The maximum Gasteiger partial charge on any atom is 0.325 e. The monoisotopic (exact) mass is 242 g/mol. The van der Waals surface area contributed by atoms with Crippen molar-refractivity contribution >= 4 is 11.9 Å². The van der Waals surface area contributed by atoms with Gasteiger partial charge in [-0.15, -0.1) is 5.10 Å². The molecule has 0 bridgehead atoms. The van der Waals surface area contributed by atoms with Crippen LogP contribution in [-0.4, -0.2) is 51.7 Å². The number of hydrogen-bond donors (Lipinski definition) is 2. The van der Waals surface area contributed by atoms with Crippen LogP contribution in [0.5, 0.6) is 0 Å². The third kappa shape index (κ3) is 4.19. The zero-order chi connectivity index (χ0) is 12.8. The molecule has 1 rings (SSSR count). The Balaban J connectivity index is 2.52. The van der Waals surface area contributed by atoms with E-state index in [-0.39, 0.29) is 18.3 Å². The van der Waals surface area contributed by atoms with Crippen molar-refractivity contribution in [2.75, 3.05) is 13.7 Å². The first-order valence-corrected chi connectivity index (χ1v) is 4.96. The van der Waals surface area contributed by atoms with Gasteiger partial charge in [-0.1, -0.05) is 5.21 Å². The highest BCUT2D eigenvalue weighted by Gasteiger charge is 2.12. The van der Waals surface area contributed by atoms with Crippen LogP contribution in [0, 0.1) is 0 Å². The minimum atomic E-state index is -1.05. The van der Waals surface area contributed by atoms with Gasteiger partial charge in [-0.2, -0.15) is 0 Å². The predicted molar refractivity (Wildman–Crippen MR) is 56.5 cm³/mol. The highest BCUT2D eigenvalue weighted by atomic mass is 16.5. The summed E-state index contributed by atoms with van der Waals surface area (Å²) in [6, 6.07) is 0. The van der Waals surface area contributed by atoms with Gasteiger partial charge in [-0.3, -0.25) is 9.59 Å². The number of hydrogen-bond acceptors (Lipinski definition) is 5. The van der Waals surface area contributed by atoms with E-state index < -0.39 is 11.9 Å². The second kappa shape index (κ2) is 5.94. The van der Waals surface area contributed by atoms with Gasteiger partial charge in [-0.05, 0) is 6.92 Å². The molecule has 1 unspecified atom stereocenters. The topological polar surface area (TPSA) is 106 Å². The van der Waals surface area contributed by atoms with Crippen molar-refractivity contribution in [1.82, 2.24) is 20.3 Å². The highest BCUT2D eigenvalue weighted by molar-refractivity contribution is 5.91. The number of aliphatic carboxylic acids is 1. The van der Waals surface area contributed by atoms with Crippen molar-refractivity contribution in [2.45, 2.75) is 19.6 Å². The number of aromatic nitrogens is 3. The Kier molecular flexibility index (Phi) is 4.58. The Morgan fingerprint density at radius 2 is 2.35 bits per heavy atom. The highest BCUT2D eigenvalue weighted by Crippen LogP contribution is 1.94. The first kappa shape index (κ1) is 13.1. The largest absolute Gasteiger partial charge is 0.480 e. The molecule has 1 amide bonds. The summed E-state index contributed by atoms with van der Waals surface area (Å²) in [7, 11) is 1.54. The van der Waals surface area contributed by atoms with Crippen LogP contribution in [0.15, 0.2) is 6.20 Å². The summed E-state index contributed by atoms with van der Waals surface area (Å²) in [5.74, 6) is -1.46. The lowest BCUT2D eigenvalue weighted by molar-refractivity contribution is -0.137. The molecule has 0 aliphatic heterocycles. The standard InChI is InChI=1S/C9H14N4O4/c1-6(17-2)3-10-9(16)7-4-13(12-11-7)5-8(14)15/h4,6H,3,5H2,1-2H3,(H,10,16)(H,14,15). The Morgan fingerprint density at radius 3 is 2.94 bits per heavy atom. The minimum Gasteiger partial charge on any atom is -0.480 e. The minimum absolute atomic E-state index is 0.0783. The zero-order valence-corrected chi connectivity index (χ0v) is 9.58. The van der Waals surface area contributed by atoms with Crippen molar-refractivity contribution in [3.05, 3.63) is 11.9 Å². The van der Waals surface area contributed by atoms with Crippen LogP contribution in [0.4, 0.5) is 0 Å². The van der Waals surface area contributed by atoms with Crippen LogP contribution < -0.4 is 5.32 Å². The summed E-state index contributed by atoms with van der Waals surface area (Å²) >= 11 is 0. The lowest BCUT2D eigenvalue weighted by atomic mass is 10.3. The maximum absolute atomic E-state index is 11.5. The van der Waals surface area contributed by atoms with Gasteiger partial charge in [0.05, 0.1) is 12.3 Å². The SMILES string of the molecule is COC(C)CNC(=O)c1cn(CC(=O)O)nn1. The second-order valence-electron chi connectivity index (χ2n) is 3.45. The number of rotatable bonds is 6. The molecule has 0 fully saturated rings. The third-order valence-electron chi connectivity index (χ3n) is 2.02. The molecule has 1 heterocycles. The van der Waals surface area contributed by atoms with E-state index in [2.05, 4.69) is 15.6 Å². The van der Waals surface area contributed by atoms with E-state index in [1.165, 1.54) is 6.20 Å². The number of ether oxygens (including phenoxy) is 1. The summed E-state index contributed by atoms with van der Waals surface area (Å²) in [5, 5.41) is 18.2. The quantitative estimate of drug-likeness (QED) is 0.671. The van der Waals surface area contributed by atoms with Crippen molar-refractivity contribution in [3.63, 3.8) is 0 Å². The Morgan fingerprint density at radius 1 is 1.65 bits per heavy atom. The average molecular weight is 242 g/mol. The molecule has 0 aromatic carbocycles. The molecule has 0 saturated carbocycles. The van der Waals surface area contributed by atoms with E-state index in [0.717, 1.165) is 4.68 Å². The number of carbonyl (C=O) groups is 2. The van der Waals surface area contributed by atoms with Gasteiger partial charge in [0.1, 0.15) is 6.54 Å². The van der Waals surface area contributed by atoms with E-state index in [4.69, 9.17) is 9.84 Å². The first-order chi connectivity index (χ1) is 8.02. The van der Waals surface area contributed by atoms with Gasteiger partial charge < -0.3 is 15.2 Å². The number of nitrogens with zero attached hydrogens (tertiary/aromatic N) is 3. The molecule has 1 atom stereocenters. The fraction of sp³-hybridized carbons (Fsp3) is 0.556. The van der Waals surface area contributed by atoms with Gasteiger partial charge in [-0.25, -0.2) is 4.68 Å². The van der Waals surface area contributed by atoms with Gasteiger partial charge in [0.2, 0.25) is 0 Å². The molecule has 0 aliphatic rings. The van der Waals surface area contributed by atoms with Crippen molar-refractivity contribution in [2.24, 2.45) is 0 Å². The molecule has 0 spiro atoms. The molecule has 0 aliphatic carbocycles. The lowest BCUT2D eigenvalue weighted by Crippen LogP contribution is -2.31. The fourth-order valence-corrected chi connectivity index (χ4v) is 1.03. The van der Waals surface area contributed by atoms with Crippen LogP contribution in [0.1, 0.15) is 17.4 Å². The number of carboxylic acid groups (broad SMARTS) is 1. The Bertz CT molecular complexity index is 403. The summed E-state index contributed by atoms with van der Waals surface area (Å²) in [6.45, 7) is 1.83. The number of nitrogens with one attached hydrogen (secondary N) is 1. The van der Waals surface area contributed by atoms with Gasteiger partial charge in [0, 0.05) is 13.7 Å². The molecule has 0 saturated heterocycles. The van der Waals surface area contributed by atoms with Crippen molar-refractivity contribution < 1.29 is 19.4 Å². The molecule has 1 aromatic heterocycles. The fourth-order valence-electron chi connectivity index (χ4n) is 1.03. The van der Waals surface area contributed by atoms with E-state index in [1.807, 2.05) is 6.92 Å². The first-order valence-electron chi connectivity index (χ1n) is 4.96. The lowest BCUT2D eigenvalue weighted by Gasteiger charge is -2.09. The molecular weight excluding hydrogens is 228 g/mol. The second-order valence-corrected chi connectivity index (χ2v) is 3.45. The molecule has 1 aromatic rings. The number of amides is 1. The molecule has 17 heavy (non-hydrogen) atoms. The van der Waals surface area contributed by atoms with Crippen LogP contribution in [-0.2, 0) is 16.1 Å². The van der Waals surface area contributed by atoms with Crippen molar-refractivity contribution in [3.8, 4) is 0 Å². The summed E-state index contributed by atoms with van der Waals surface area (Å²) in [5.41, 5.74) is 0.0783. The van der Waals surface area contributed by atoms with Gasteiger partial charge >= 0.3 is 5.97 Å². The third-order valence-corrected chi connectivity index (χ3v) is 2.02. The normalized spacial score (nSPS) is 12.1. The summed E-state index contributed by atoms with van der Waals surface area (Å²) < 4.78 is 6.04. The van der Waals surface area contributed by atoms with Crippen LogP contribution >= 0.6 is 0 Å². The summed E-state index contributed by atoms with van der Waals surface area (Å²) in [4.78, 5) is 21.9. The van der Waals surface area contributed by atoms with E-state index >= 15 is 0 Å². The van der Waals surface area contributed by atoms with E-state index in [1.54, 1.807) is 7.11 Å². The van der Waals surface area contributed by atoms with Crippen LogP contribution in [0.3, 0.4) is 0 Å². The van der Waals surface area contributed by atoms with Crippen molar-refractivity contribution in [1.29, 1.82) is 0 Å². The van der Waals surface area contributed by atoms with E-state index in [0.29, 0.717) is 6.54 Å².